The number of carbonyl (C=O) groups is 2. The van der Waals surface area contributed by atoms with Gasteiger partial charge in [-0.25, -0.2) is 4.39 Å². The average Bonchev–Trinajstić information content (AvgIpc) is 3.54. The van der Waals surface area contributed by atoms with Gasteiger partial charge >= 0.3 is 0 Å². The van der Waals surface area contributed by atoms with E-state index in [4.69, 9.17) is 0 Å². The number of unbranched alkanes of at least 4 members (excludes halogenated alkanes) is 2. The highest BCUT2D eigenvalue weighted by molar-refractivity contribution is 7.17. The summed E-state index contributed by atoms with van der Waals surface area (Å²) in [5, 5.41) is 5.25. The van der Waals surface area contributed by atoms with Crippen LogP contribution in [0.15, 0.2) is 96.6 Å². The minimum atomic E-state index is -1.15. The van der Waals surface area contributed by atoms with Crippen molar-refractivity contribution < 1.29 is 14.0 Å². The number of para-hydroxylation sites is 1. The summed E-state index contributed by atoms with van der Waals surface area (Å²) in [7, 11) is -1.15. The number of hydrogen-bond acceptors (Lipinski definition) is 4. The van der Waals surface area contributed by atoms with Gasteiger partial charge in [0.05, 0.1) is 5.57 Å². The Hall–Kier alpha value is -4.13. The summed E-state index contributed by atoms with van der Waals surface area (Å²) in [6.07, 6.45) is 5.18. The smallest absolute Gasteiger partial charge is 0.197 e. The van der Waals surface area contributed by atoms with Crippen molar-refractivity contribution in [3.8, 4) is 0 Å². The highest BCUT2D eigenvalue weighted by Gasteiger charge is 2.35. The second-order valence-corrected chi connectivity index (χ2v) is 14.2. The fraction of sp³-hybridized carbons (Fsp3) is 0.143. The molecule has 1 aromatic heterocycles. The Bertz CT molecular complexity index is 1830. The van der Waals surface area contributed by atoms with Crippen LogP contribution < -0.4 is 15.3 Å². The highest BCUT2D eigenvalue weighted by Crippen LogP contribution is 2.41. The molecule has 201 valence electrons. The van der Waals surface area contributed by atoms with Crippen molar-refractivity contribution in [1.82, 2.24) is 0 Å². The minimum Gasteiger partial charge on any atom is -0.302 e. The second-order valence-electron chi connectivity index (χ2n) is 10.6. The molecule has 0 bridgehead atoms. The van der Waals surface area contributed by atoms with Gasteiger partial charge in [0, 0.05) is 27.4 Å². The second kappa shape index (κ2) is 10.4. The summed E-state index contributed by atoms with van der Waals surface area (Å²) >= 11 is 1.53. The van der Waals surface area contributed by atoms with Crippen molar-refractivity contribution in [2.75, 3.05) is 4.90 Å². The molecule has 7 rings (SSSR count). The summed E-state index contributed by atoms with van der Waals surface area (Å²) in [5.74, 6) is -0.661. The first-order chi connectivity index (χ1) is 20.0. The number of anilines is 3. The zero-order valence-electron chi connectivity index (χ0n) is 22.6. The van der Waals surface area contributed by atoms with Gasteiger partial charge in [-0.05, 0) is 75.8 Å². The van der Waals surface area contributed by atoms with Crippen LogP contribution in [0.3, 0.4) is 0 Å². The lowest BCUT2D eigenvalue weighted by atomic mass is 10.0. The number of rotatable bonds is 6. The topological polar surface area (TPSA) is 37.4 Å². The molecule has 1 aliphatic heterocycles. The van der Waals surface area contributed by atoms with Crippen LogP contribution in [-0.2, 0) is 0 Å². The molecule has 0 unspecified atom stereocenters. The summed E-state index contributed by atoms with van der Waals surface area (Å²) < 4.78 is 14.6. The Labute approximate surface area is 244 Å². The summed E-state index contributed by atoms with van der Waals surface area (Å²) in [6, 6.07) is 30.1. The van der Waals surface area contributed by atoms with Gasteiger partial charge in [0.2, 0.25) is 0 Å². The van der Waals surface area contributed by atoms with E-state index in [9.17, 15) is 14.0 Å². The normalized spacial score (nSPS) is 14.4. The van der Waals surface area contributed by atoms with E-state index in [1.165, 1.54) is 22.9 Å². The lowest BCUT2D eigenvalue weighted by Crippen LogP contribution is -2.49. The SMILES string of the molecule is CCCCC[Si]1c2ccccc2N(c2ccc(C=C3C(=O)c4cc5ccccc5cc4C3=O)s2)c2ccc(F)cc21. The van der Waals surface area contributed by atoms with Gasteiger partial charge in [-0.1, -0.05) is 74.7 Å². The minimum absolute atomic E-state index is 0.201. The summed E-state index contributed by atoms with van der Waals surface area (Å²) in [6.45, 7) is 2.21. The molecule has 41 heavy (non-hydrogen) atoms. The highest BCUT2D eigenvalue weighted by atomic mass is 32.1. The Morgan fingerprint density at radius 2 is 1.46 bits per heavy atom. The molecule has 0 amide bonds. The molecular weight excluding hydrogens is 546 g/mol. The molecule has 0 atom stereocenters. The van der Waals surface area contributed by atoms with Crippen molar-refractivity contribution in [1.29, 1.82) is 0 Å². The summed E-state index contributed by atoms with van der Waals surface area (Å²) in [5.41, 5.74) is 3.28. The van der Waals surface area contributed by atoms with Crippen LogP contribution in [0.1, 0.15) is 51.8 Å². The van der Waals surface area contributed by atoms with Gasteiger partial charge in [-0.3, -0.25) is 9.59 Å². The molecule has 6 heteroatoms. The number of halogens is 1. The largest absolute Gasteiger partial charge is 0.302 e. The van der Waals surface area contributed by atoms with Crippen LogP contribution in [-0.4, -0.2) is 20.4 Å². The lowest BCUT2D eigenvalue weighted by Gasteiger charge is -2.36. The van der Waals surface area contributed by atoms with Crippen LogP contribution in [0, 0.1) is 5.82 Å². The maximum atomic E-state index is 14.6. The maximum absolute atomic E-state index is 14.6. The zero-order valence-corrected chi connectivity index (χ0v) is 24.4. The van der Waals surface area contributed by atoms with Gasteiger partial charge < -0.3 is 4.90 Å². The third-order valence-corrected chi connectivity index (χ3v) is 12.0. The number of Topliss-reactive ketones (excluding diaryl/α,β-unsaturated/α-hetero) is 2. The lowest BCUT2D eigenvalue weighted by molar-refractivity contribution is 0.0990. The number of ketones is 2. The van der Waals surface area contributed by atoms with Crippen LogP contribution in [0.2, 0.25) is 6.04 Å². The Kier molecular flexibility index (Phi) is 6.52. The number of hydrogen-bond donors (Lipinski definition) is 0. The first kappa shape index (κ1) is 25.8. The molecule has 0 N–H and O–H groups in total. The Morgan fingerprint density at radius 3 is 2.20 bits per heavy atom. The predicted molar refractivity (Wildman–Crippen MR) is 169 cm³/mol. The van der Waals surface area contributed by atoms with Crippen LogP contribution >= 0.6 is 11.3 Å². The third-order valence-electron chi connectivity index (χ3n) is 8.01. The van der Waals surface area contributed by atoms with E-state index < -0.39 is 8.80 Å². The molecule has 2 aliphatic rings. The van der Waals surface area contributed by atoms with Crippen molar-refractivity contribution in [2.24, 2.45) is 0 Å². The monoisotopic (exact) mass is 572 g/mol. The molecule has 2 heterocycles. The van der Waals surface area contributed by atoms with Gasteiger partial charge in [-0.15, -0.1) is 11.3 Å². The number of thiophene rings is 1. The first-order valence-corrected chi connectivity index (χ1v) is 16.5. The van der Waals surface area contributed by atoms with E-state index in [0.29, 0.717) is 11.1 Å². The maximum Gasteiger partial charge on any atom is 0.197 e. The molecule has 0 saturated carbocycles. The van der Waals surface area contributed by atoms with Crippen LogP contribution in [0.5, 0.6) is 0 Å². The molecule has 3 nitrogen and oxygen atoms in total. The van der Waals surface area contributed by atoms with E-state index in [-0.39, 0.29) is 23.0 Å². The van der Waals surface area contributed by atoms with Crippen molar-refractivity contribution >= 4 is 75.3 Å². The van der Waals surface area contributed by atoms with Crippen LogP contribution in [0.25, 0.3) is 16.8 Å². The Morgan fingerprint density at radius 1 is 0.780 bits per heavy atom. The van der Waals surface area contributed by atoms with Crippen molar-refractivity contribution in [2.45, 2.75) is 32.2 Å². The molecule has 0 fully saturated rings. The molecular formula is C35H27FNO2SSi. The number of benzene rings is 4. The molecule has 4 aromatic carbocycles. The molecule has 0 spiro atoms. The number of carbonyl (C=O) groups excluding carboxylic acids is 2. The summed E-state index contributed by atoms with van der Waals surface area (Å²) in [4.78, 5) is 29.7. The number of fused-ring (bicyclic) bond motifs is 4. The van der Waals surface area contributed by atoms with Gasteiger partial charge in [0.15, 0.2) is 11.6 Å². The van der Waals surface area contributed by atoms with Crippen molar-refractivity contribution in [3.63, 3.8) is 0 Å². The van der Waals surface area contributed by atoms with Gasteiger partial charge in [0.1, 0.15) is 19.6 Å². The molecule has 1 radical (unpaired) electrons. The number of allylic oxidation sites excluding steroid dienone is 1. The number of nitrogens with zero attached hydrogens (tertiary/aromatic N) is 1. The molecule has 0 saturated heterocycles. The first-order valence-electron chi connectivity index (χ1n) is 14.0. The standard InChI is InChI=1S/C35H27FNO2SSi/c1-2-3-8-17-41-31-12-7-6-11-29(31)37(30-15-13-24(36)20-32(30)41)33-16-14-25(40-33)21-28-34(38)26-18-22-9-4-5-10-23(22)19-27(26)35(28)39/h4-7,9-16,18-21H,2-3,8,17H2,1H3. The van der Waals surface area contributed by atoms with E-state index in [1.54, 1.807) is 18.2 Å². The molecule has 5 aromatic rings. The van der Waals surface area contributed by atoms with Gasteiger partial charge in [-0.2, -0.15) is 0 Å². The average molecular weight is 573 g/mol. The van der Waals surface area contributed by atoms with Crippen LogP contribution in [0.4, 0.5) is 20.8 Å². The molecule has 1 aliphatic carbocycles. The quantitative estimate of drug-likeness (QED) is 0.0893. The van der Waals surface area contributed by atoms with E-state index >= 15 is 0 Å². The third kappa shape index (κ3) is 4.38. The Balaban J connectivity index is 1.28. The van der Waals surface area contributed by atoms with E-state index in [2.05, 4.69) is 36.1 Å². The predicted octanol–water partition coefficient (Wildman–Crippen LogP) is 8.09. The fourth-order valence-electron chi connectivity index (χ4n) is 6.02. The fourth-order valence-corrected chi connectivity index (χ4v) is 10.1. The zero-order chi connectivity index (χ0) is 28.1. The van der Waals surface area contributed by atoms with Crippen molar-refractivity contribution in [3.05, 3.63) is 118 Å². The van der Waals surface area contributed by atoms with E-state index in [1.807, 2.05) is 54.6 Å². The van der Waals surface area contributed by atoms with Gasteiger partial charge in [0.25, 0.3) is 0 Å². The van der Waals surface area contributed by atoms with E-state index in [0.717, 1.165) is 56.1 Å².